The van der Waals surface area contributed by atoms with Gasteiger partial charge in [-0.1, -0.05) is 39.3 Å². The van der Waals surface area contributed by atoms with E-state index in [2.05, 4.69) is 33.8 Å². The van der Waals surface area contributed by atoms with Crippen molar-refractivity contribution in [1.82, 2.24) is 0 Å². The zero-order chi connectivity index (χ0) is 20.1. The van der Waals surface area contributed by atoms with E-state index in [1.807, 2.05) is 5.57 Å². The molecule has 0 aromatic rings. The minimum Gasteiger partial charge on any atom is -0.469 e. The molecular formula is C26H42O2. The van der Waals surface area contributed by atoms with E-state index in [0.717, 1.165) is 36.0 Å². The molecule has 8 atom stereocenters. The number of methoxy groups -OCH3 is 1. The number of carbonyl (C=O) groups is 1. The number of hydrogen-bond donors (Lipinski definition) is 0. The molecule has 0 heterocycles. The number of esters is 1. The van der Waals surface area contributed by atoms with Gasteiger partial charge in [-0.15, -0.1) is 0 Å². The lowest BCUT2D eigenvalue weighted by Gasteiger charge is -2.57. The van der Waals surface area contributed by atoms with E-state index in [-0.39, 0.29) is 5.97 Å². The number of rotatable bonds is 4. The van der Waals surface area contributed by atoms with Crippen LogP contribution in [0.25, 0.3) is 0 Å². The largest absolute Gasteiger partial charge is 0.469 e. The zero-order valence-corrected chi connectivity index (χ0v) is 18.9. The molecule has 2 nitrogen and oxygen atoms in total. The van der Waals surface area contributed by atoms with Gasteiger partial charge in [-0.2, -0.15) is 0 Å². The smallest absolute Gasteiger partial charge is 0.305 e. The van der Waals surface area contributed by atoms with Crippen LogP contribution < -0.4 is 0 Å². The van der Waals surface area contributed by atoms with E-state index in [1.54, 1.807) is 0 Å². The summed E-state index contributed by atoms with van der Waals surface area (Å²) in [5.74, 6) is 4.90. The highest BCUT2D eigenvalue weighted by Crippen LogP contribution is 2.66. The molecule has 0 aliphatic heterocycles. The van der Waals surface area contributed by atoms with Crippen LogP contribution in [0.5, 0.6) is 0 Å². The summed E-state index contributed by atoms with van der Waals surface area (Å²) < 4.78 is 4.89. The van der Waals surface area contributed by atoms with Crippen molar-refractivity contribution < 1.29 is 9.53 Å². The summed E-state index contributed by atoms with van der Waals surface area (Å²) in [5.41, 5.74) is 2.81. The van der Waals surface area contributed by atoms with E-state index in [1.165, 1.54) is 58.5 Å². The normalized spacial score (nSPS) is 46.0. The maximum Gasteiger partial charge on any atom is 0.305 e. The van der Waals surface area contributed by atoms with Crippen LogP contribution in [0, 0.1) is 46.3 Å². The monoisotopic (exact) mass is 386 g/mol. The van der Waals surface area contributed by atoms with Crippen molar-refractivity contribution >= 4 is 5.97 Å². The number of carbonyl (C=O) groups excluding carboxylic acids is 1. The zero-order valence-electron chi connectivity index (χ0n) is 18.9. The highest BCUT2D eigenvalue weighted by atomic mass is 16.5. The molecule has 4 rings (SSSR count). The lowest BCUT2D eigenvalue weighted by atomic mass is 9.48. The first-order valence-corrected chi connectivity index (χ1v) is 12.1. The van der Waals surface area contributed by atoms with E-state index in [4.69, 9.17) is 4.74 Å². The topological polar surface area (TPSA) is 26.3 Å². The predicted molar refractivity (Wildman–Crippen MR) is 115 cm³/mol. The Hall–Kier alpha value is -0.790. The maximum atomic E-state index is 11.6. The SMILES string of the molecule is COC(=O)CC[C@@H](C)[C@H]1CCC2C3CC[C@@H]4C[C@H](C)CC[C@]4(C)C3=CC[C@@]21C. The van der Waals surface area contributed by atoms with Crippen LogP contribution in [0.1, 0.15) is 91.9 Å². The maximum absolute atomic E-state index is 11.6. The van der Waals surface area contributed by atoms with Crippen LogP contribution in [0.2, 0.25) is 0 Å². The van der Waals surface area contributed by atoms with Crippen LogP contribution >= 0.6 is 0 Å². The van der Waals surface area contributed by atoms with Gasteiger partial charge in [-0.3, -0.25) is 4.79 Å². The van der Waals surface area contributed by atoms with Crippen molar-refractivity contribution in [3.63, 3.8) is 0 Å². The quantitative estimate of drug-likeness (QED) is 0.393. The molecule has 0 amide bonds. The van der Waals surface area contributed by atoms with Gasteiger partial charge >= 0.3 is 5.97 Å². The van der Waals surface area contributed by atoms with Crippen LogP contribution in [0.15, 0.2) is 11.6 Å². The van der Waals surface area contributed by atoms with Crippen molar-refractivity contribution in [2.24, 2.45) is 46.3 Å². The third kappa shape index (κ3) is 3.18. The van der Waals surface area contributed by atoms with Crippen LogP contribution in [0.4, 0.5) is 0 Å². The summed E-state index contributed by atoms with van der Waals surface area (Å²) in [7, 11) is 1.51. The first kappa shape index (κ1) is 20.5. The molecule has 0 aromatic heterocycles. The van der Waals surface area contributed by atoms with Crippen LogP contribution in [0.3, 0.4) is 0 Å². The fourth-order valence-corrected chi connectivity index (χ4v) is 8.36. The molecule has 2 heteroatoms. The minimum absolute atomic E-state index is 0.0462. The fraction of sp³-hybridized carbons (Fsp3) is 0.885. The van der Waals surface area contributed by atoms with Crippen molar-refractivity contribution in [2.45, 2.75) is 91.9 Å². The molecule has 3 fully saturated rings. The summed E-state index contributed by atoms with van der Waals surface area (Å²) in [5, 5.41) is 0. The molecule has 4 aliphatic carbocycles. The van der Waals surface area contributed by atoms with E-state index >= 15 is 0 Å². The molecular weight excluding hydrogens is 344 g/mol. The Morgan fingerprint density at radius 2 is 2.00 bits per heavy atom. The molecule has 28 heavy (non-hydrogen) atoms. The van der Waals surface area contributed by atoms with Crippen molar-refractivity contribution in [3.8, 4) is 0 Å². The average molecular weight is 387 g/mol. The van der Waals surface area contributed by atoms with E-state index < -0.39 is 0 Å². The molecule has 0 N–H and O–H groups in total. The van der Waals surface area contributed by atoms with E-state index in [0.29, 0.717) is 23.2 Å². The van der Waals surface area contributed by atoms with Gasteiger partial charge < -0.3 is 4.74 Å². The lowest BCUT2D eigenvalue weighted by molar-refractivity contribution is -0.141. The lowest BCUT2D eigenvalue weighted by Crippen LogP contribution is -2.48. The second-order valence-electron chi connectivity index (χ2n) is 11.4. The molecule has 0 bridgehead atoms. The van der Waals surface area contributed by atoms with Gasteiger partial charge in [-0.05, 0) is 104 Å². The van der Waals surface area contributed by atoms with Gasteiger partial charge in [0.05, 0.1) is 7.11 Å². The van der Waals surface area contributed by atoms with Gasteiger partial charge in [0.1, 0.15) is 0 Å². The Bertz CT molecular complexity index is 636. The number of allylic oxidation sites excluding steroid dienone is 2. The summed E-state index contributed by atoms with van der Waals surface area (Å²) in [6.07, 6.45) is 15.5. The Balaban J connectivity index is 1.53. The van der Waals surface area contributed by atoms with Crippen molar-refractivity contribution in [1.29, 1.82) is 0 Å². The molecule has 0 aromatic carbocycles. The Kier molecular flexibility index (Phi) is 5.47. The van der Waals surface area contributed by atoms with Gasteiger partial charge in [0.15, 0.2) is 0 Å². The fourth-order valence-electron chi connectivity index (χ4n) is 8.36. The van der Waals surface area contributed by atoms with E-state index in [9.17, 15) is 4.79 Å². The van der Waals surface area contributed by atoms with Crippen LogP contribution in [-0.4, -0.2) is 13.1 Å². The first-order valence-electron chi connectivity index (χ1n) is 12.1. The Morgan fingerprint density at radius 3 is 2.75 bits per heavy atom. The van der Waals surface area contributed by atoms with Crippen LogP contribution in [-0.2, 0) is 9.53 Å². The van der Waals surface area contributed by atoms with Gasteiger partial charge in [-0.25, -0.2) is 0 Å². The molecule has 0 saturated heterocycles. The summed E-state index contributed by atoms with van der Waals surface area (Å²) in [6, 6.07) is 0. The second kappa shape index (κ2) is 7.47. The molecule has 2 unspecified atom stereocenters. The molecule has 3 saturated carbocycles. The summed E-state index contributed by atoms with van der Waals surface area (Å²) in [6.45, 7) is 10.1. The number of ether oxygens (including phenoxy) is 1. The van der Waals surface area contributed by atoms with Gasteiger partial charge in [0, 0.05) is 6.42 Å². The molecule has 0 radical (unpaired) electrons. The second-order valence-corrected chi connectivity index (χ2v) is 11.4. The Morgan fingerprint density at radius 1 is 1.21 bits per heavy atom. The highest BCUT2D eigenvalue weighted by molar-refractivity contribution is 5.69. The third-order valence-electron chi connectivity index (χ3n) is 10.1. The Labute approximate surface area is 172 Å². The number of fused-ring (bicyclic) bond motifs is 5. The molecule has 0 spiro atoms. The van der Waals surface area contributed by atoms with Gasteiger partial charge in [0.2, 0.25) is 0 Å². The average Bonchev–Trinajstić information content (AvgIpc) is 3.03. The first-order chi connectivity index (χ1) is 13.3. The third-order valence-corrected chi connectivity index (χ3v) is 10.1. The minimum atomic E-state index is -0.0462. The van der Waals surface area contributed by atoms with Gasteiger partial charge in [0.25, 0.3) is 0 Å². The molecule has 158 valence electrons. The standard InChI is InChI=1S/C26H42O2/c1-17-12-14-25(3)19(16-17)7-8-20-22-10-9-21(18(2)6-11-24(27)28-5)26(22,4)15-13-23(20)25/h13,17-22H,6-12,14-16H2,1-5H3/t17-,18-,19-,20?,21-,22?,25+,26-/m1/s1. The highest BCUT2D eigenvalue weighted by Gasteiger charge is 2.57. The number of hydrogen-bond acceptors (Lipinski definition) is 2. The van der Waals surface area contributed by atoms with Crippen molar-refractivity contribution in [2.75, 3.05) is 7.11 Å². The summed E-state index contributed by atoms with van der Waals surface area (Å²) >= 11 is 0. The van der Waals surface area contributed by atoms with Crippen molar-refractivity contribution in [3.05, 3.63) is 11.6 Å². The predicted octanol–water partition coefficient (Wildman–Crippen LogP) is 6.79. The summed E-state index contributed by atoms with van der Waals surface area (Å²) in [4.78, 5) is 11.6. The molecule has 4 aliphatic rings.